The highest BCUT2D eigenvalue weighted by molar-refractivity contribution is 5.75. The molecule has 116 valence electrons. The summed E-state index contributed by atoms with van der Waals surface area (Å²) in [6, 6.07) is 0. The van der Waals surface area contributed by atoms with Crippen molar-refractivity contribution >= 4 is 5.97 Å². The molecule has 3 fully saturated rings. The van der Waals surface area contributed by atoms with E-state index in [-0.39, 0.29) is 28.3 Å². The van der Waals surface area contributed by atoms with Gasteiger partial charge >= 0.3 is 5.97 Å². The first kappa shape index (κ1) is 13.8. The average Bonchev–Trinajstić information content (AvgIpc) is 3.13. The molecular formula is C19H28O2. The summed E-state index contributed by atoms with van der Waals surface area (Å²) in [5.41, 5.74) is -0.0288. The fraction of sp³-hybridized carbons (Fsp3) is 0.842. The minimum atomic E-state index is -0.300. The maximum Gasteiger partial charge on any atom is 0.310 e. The second-order valence-electron chi connectivity index (χ2n) is 9.06. The number of hydrogen-bond donors (Lipinski definition) is 0. The van der Waals surface area contributed by atoms with Gasteiger partial charge in [0.2, 0.25) is 0 Å². The molecule has 0 aromatic heterocycles. The first-order chi connectivity index (χ1) is 9.77. The summed E-state index contributed by atoms with van der Waals surface area (Å²) in [5.74, 6) is 1.98. The summed E-state index contributed by atoms with van der Waals surface area (Å²) in [4.78, 5) is 12.8. The zero-order valence-corrected chi connectivity index (χ0v) is 13.8. The van der Waals surface area contributed by atoms with Gasteiger partial charge in [-0.15, -0.1) is 0 Å². The largest absolute Gasteiger partial charge is 0.458 e. The van der Waals surface area contributed by atoms with Crippen LogP contribution in [0.25, 0.3) is 0 Å². The molecule has 0 aliphatic heterocycles. The Hall–Kier alpha value is -0.790. The number of esters is 1. The third-order valence-corrected chi connectivity index (χ3v) is 8.03. The van der Waals surface area contributed by atoms with Gasteiger partial charge in [-0.1, -0.05) is 32.9 Å². The standard InChI is InChI=1S/C19H28O2/c1-17(2)14-7-8-18(3,11-14)19(17,4)21-16(20)15-10-12-5-6-13(15)9-12/h5-6,12-15H,7-11H2,1-4H3. The molecule has 2 heteroatoms. The Morgan fingerprint density at radius 1 is 1.14 bits per heavy atom. The van der Waals surface area contributed by atoms with Gasteiger partial charge in [0.25, 0.3) is 0 Å². The van der Waals surface area contributed by atoms with Gasteiger partial charge < -0.3 is 4.74 Å². The molecule has 0 heterocycles. The lowest BCUT2D eigenvalue weighted by Gasteiger charge is -2.51. The number of carbonyl (C=O) groups is 1. The topological polar surface area (TPSA) is 26.3 Å². The van der Waals surface area contributed by atoms with Crippen LogP contribution in [0.4, 0.5) is 0 Å². The minimum Gasteiger partial charge on any atom is -0.458 e. The second kappa shape index (κ2) is 3.94. The van der Waals surface area contributed by atoms with Crippen LogP contribution in [0, 0.1) is 34.5 Å². The highest BCUT2D eigenvalue weighted by Crippen LogP contribution is 2.69. The highest BCUT2D eigenvalue weighted by Gasteiger charge is 2.69. The molecular weight excluding hydrogens is 260 g/mol. The van der Waals surface area contributed by atoms with Gasteiger partial charge in [0, 0.05) is 10.8 Å². The van der Waals surface area contributed by atoms with Crippen molar-refractivity contribution in [1.82, 2.24) is 0 Å². The number of carbonyl (C=O) groups excluding carboxylic acids is 1. The van der Waals surface area contributed by atoms with Crippen molar-refractivity contribution in [3.63, 3.8) is 0 Å². The Bertz CT molecular complexity index is 513. The summed E-state index contributed by atoms with van der Waals surface area (Å²) < 4.78 is 6.31. The Morgan fingerprint density at radius 3 is 2.43 bits per heavy atom. The molecule has 3 saturated carbocycles. The minimum absolute atomic E-state index is 0.0798. The fourth-order valence-corrected chi connectivity index (χ4v) is 6.04. The monoisotopic (exact) mass is 288 g/mol. The molecule has 2 nitrogen and oxygen atoms in total. The third kappa shape index (κ3) is 1.57. The molecule has 0 radical (unpaired) electrons. The third-order valence-electron chi connectivity index (χ3n) is 8.03. The van der Waals surface area contributed by atoms with Crippen LogP contribution < -0.4 is 0 Å². The van der Waals surface area contributed by atoms with E-state index in [1.807, 2.05) is 0 Å². The smallest absolute Gasteiger partial charge is 0.310 e. The van der Waals surface area contributed by atoms with Gasteiger partial charge in [0.05, 0.1) is 5.92 Å². The molecule has 0 spiro atoms. The zero-order valence-electron chi connectivity index (χ0n) is 13.8. The fourth-order valence-electron chi connectivity index (χ4n) is 6.04. The average molecular weight is 288 g/mol. The number of fused-ring (bicyclic) bond motifs is 4. The maximum absolute atomic E-state index is 12.8. The molecule has 0 saturated heterocycles. The van der Waals surface area contributed by atoms with Crippen molar-refractivity contribution in [3.05, 3.63) is 12.2 Å². The van der Waals surface area contributed by atoms with Crippen LogP contribution in [0.2, 0.25) is 0 Å². The number of rotatable bonds is 2. The Kier molecular flexibility index (Phi) is 2.60. The maximum atomic E-state index is 12.8. The van der Waals surface area contributed by atoms with Crippen molar-refractivity contribution < 1.29 is 9.53 Å². The van der Waals surface area contributed by atoms with Gasteiger partial charge in [0.1, 0.15) is 5.60 Å². The molecule has 6 atom stereocenters. The normalized spacial score (nSPS) is 52.6. The van der Waals surface area contributed by atoms with E-state index < -0.39 is 0 Å². The molecule has 21 heavy (non-hydrogen) atoms. The van der Waals surface area contributed by atoms with Crippen LogP contribution in [-0.2, 0) is 9.53 Å². The molecule has 4 aliphatic carbocycles. The van der Waals surface area contributed by atoms with E-state index in [1.165, 1.54) is 25.7 Å². The second-order valence-corrected chi connectivity index (χ2v) is 9.06. The number of allylic oxidation sites excluding steroid dienone is 2. The van der Waals surface area contributed by atoms with Crippen LogP contribution in [0.5, 0.6) is 0 Å². The molecule has 6 unspecified atom stereocenters. The summed E-state index contributed by atoms with van der Waals surface area (Å²) in [5, 5.41) is 0. The van der Waals surface area contributed by atoms with Crippen molar-refractivity contribution in [2.75, 3.05) is 0 Å². The zero-order chi connectivity index (χ0) is 15.0. The van der Waals surface area contributed by atoms with Crippen LogP contribution in [-0.4, -0.2) is 11.6 Å². The van der Waals surface area contributed by atoms with E-state index in [4.69, 9.17) is 4.74 Å². The lowest BCUT2D eigenvalue weighted by atomic mass is 9.61. The van der Waals surface area contributed by atoms with E-state index >= 15 is 0 Å². The van der Waals surface area contributed by atoms with E-state index in [2.05, 4.69) is 39.8 Å². The Labute approximate surface area is 128 Å². The van der Waals surface area contributed by atoms with E-state index in [0.29, 0.717) is 17.8 Å². The Balaban J connectivity index is 1.58. The lowest BCUT2D eigenvalue weighted by Crippen LogP contribution is -2.55. The lowest BCUT2D eigenvalue weighted by molar-refractivity contribution is -0.198. The quantitative estimate of drug-likeness (QED) is 0.558. The summed E-state index contributed by atoms with van der Waals surface area (Å²) >= 11 is 0. The molecule has 4 rings (SSSR count). The van der Waals surface area contributed by atoms with Crippen LogP contribution in [0.1, 0.15) is 59.8 Å². The van der Waals surface area contributed by atoms with Crippen LogP contribution in [0.15, 0.2) is 12.2 Å². The number of ether oxygens (including phenoxy) is 1. The predicted molar refractivity (Wildman–Crippen MR) is 82.6 cm³/mol. The van der Waals surface area contributed by atoms with Crippen molar-refractivity contribution in [2.45, 2.75) is 65.4 Å². The molecule has 0 N–H and O–H groups in total. The van der Waals surface area contributed by atoms with E-state index in [0.717, 1.165) is 6.42 Å². The molecule has 0 aromatic carbocycles. The molecule has 4 bridgehead atoms. The van der Waals surface area contributed by atoms with Gasteiger partial charge in [-0.2, -0.15) is 0 Å². The first-order valence-electron chi connectivity index (χ1n) is 8.68. The van der Waals surface area contributed by atoms with Gasteiger partial charge in [-0.25, -0.2) is 0 Å². The van der Waals surface area contributed by atoms with Crippen LogP contribution in [0.3, 0.4) is 0 Å². The van der Waals surface area contributed by atoms with E-state index in [9.17, 15) is 4.79 Å². The van der Waals surface area contributed by atoms with Crippen LogP contribution >= 0.6 is 0 Å². The SMILES string of the molecule is CC12CCC(C1)C(C)(C)C2(C)OC(=O)C1CC2C=CC1C2. The highest BCUT2D eigenvalue weighted by atomic mass is 16.6. The van der Waals surface area contributed by atoms with Gasteiger partial charge in [-0.3, -0.25) is 4.79 Å². The van der Waals surface area contributed by atoms with E-state index in [1.54, 1.807) is 0 Å². The predicted octanol–water partition coefficient (Wildman–Crippen LogP) is 4.35. The molecule has 0 amide bonds. The van der Waals surface area contributed by atoms with Gasteiger partial charge in [0.15, 0.2) is 0 Å². The molecule has 4 aliphatic rings. The molecule has 0 aromatic rings. The summed E-state index contributed by atoms with van der Waals surface area (Å²) in [7, 11) is 0. The van der Waals surface area contributed by atoms with Crippen molar-refractivity contribution in [1.29, 1.82) is 0 Å². The van der Waals surface area contributed by atoms with Crippen molar-refractivity contribution in [2.24, 2.45) is 34.5 Å². The van der Waals surface area contributed by atoms with Gasteiger partial charge in [-0.05, 0) is 56.8 Å². The Morgan fingerprint density at radius 2 is 1.90 bits per heavy atom. The number of hydrogen-bond acceptors (Lipinski definition) is 2. The summed E-state index contributed by atoms with van der Waals surface area (Å²) in [6.07, 6.45) is 10.4. The first-order valence-corrected chi connectivity index (χ1v) is 8.68. The summed E-state index contributed by atoms with van der Waals surface area (Å²) in [6.45, 7) is 9.19. The van der Waals surface area contributed by atoms with Crippen molar-refractivity contribution in [3.8, 4) is 0 Å².